The molecule has 0 fully saturated rings. The zero-order chi connectivity index (χ0) is 14.5. The fourth-order valence-electron chi connectivity index (χ4n) is 2.22. The molecular formula is C18H14O2S. The summed E-state index contributed by atoms with van der Waals surface area (Å²) in [6.45, 7) is 0.486. The molecule has 0 spiro atoms. The van der Waals surface area contributed by atoms with Gasteiger partial charge in [0.15, 0.2) is 6.29 Å². The van der Waals surface area contributed by atoms with Crippen LogP contribution in [0.5, 0.6) is 5.75 Å². The Morgan fingerprint density at radius 3 is 2.57 bits per heavy atom. The molecule has 1 aromatic heterocycles. The molecule has 3 heteroatoms. The lowest BCUT2D eigenvalue weighted by atomic mass is 10.0. The van der Waals surface area contributed by atoms with Gasteiger partial charge in [-0.15, -0.1) is 0 Å². The molecule has 0 aliphatic rings. The molecule has 0 unspecified atom stereocenters. The van der Waals surface area contributed by atoms with Crippen molar-refractivity contribution in [2.24, 2.45) is 0 Å². The van der Waals surface area contributed by atoms with E-state index in [4.69, 9.17) is 4.74 Å². The van der Waals surface area contributed by atoms with Gasteiger partial charge in [0, 0.05) is 11.1 Å². The van der Waals surface area contributed by atoms with E-state index in [-0.39, 0.29) is 0 Å². The van der Waals surface area contributed by atoms with Gasteiger partial charge in [-0.1, -0.05) is 42.5 Å². The van der Waals surface area contributed by atoms with Crippen LogP contribution in [0.4, 0.5) is 0 Å². The molecule has 0 amide bonds. The number of carbonyl (C=O) groups is 1. The van der Waals surface area contributed by atoms with E-state index >= 15 is 0 Å². The van der Waals surface area contributed by atoms with Crippen LogP contribution >= 0.6 is 11.3 Å². The Kier molecular flexibility index (Phi) is 4.12. The second kappa shape index (κ2) is 6.37. The molecule has 104 valence electrons. The summed E-state index contributed by atoms with van der Waals surface area (Å²) in [5.41, 5.74) is 3.64. The van der Waals surface area contributed by atoms with E-state index in [9.17, 15) is 4.79 Å². The van der Waals surface area contributed by atoms with Gasteiger partial charge in [-0.3, -0.25) is 4.79 Å². The minimum absolute atomic E-state index is 0.486. The topological polar surface area (TPSA) is 26.3 Å². The highest BCUT2D eigenvalue weighted by molar-refractivity contribution is 7.08. The van der Waals surface area contributed by atoms with E-state index in [2.05, 4.69) is 0 Å². The monoisotopic (exact) mass is 294 g/mol. The van der Waals surface area contributed by atoms with Crippen molar-refractivity contribution in [3.63, 3.8) is 0 Å². The van der Waals surface area contributed by atoms with Crippen molar-refractivity contribution in [3.05, 3.63) is 76.5 Å². The summed E-state index contributed by atoms with van der Waals surface area (Å²) in [4.78, 5) is 11.3. The van der Waals surface area contributed by atoms with Crippen LogP contribution in [-0.4, -0.2) is 6.29 Å². The quantitative estimate of drug-likeness (QED) is 0.631. The van der Waals surface area contributed by atoms with Gasteiger partial charge in [0.1, 0.15) is 12.4 Å². The lowest BCUT2D eigenvalue weighted by molar-refractivity contribution is 0.112. The minimum Gasteiger partial charge on any atom is -0.488 e. The number of rotatable bonds is 5. The van der Waals surface area contributed by atoms with Gasteiger partial charge in [-0.25, -0.2) is 0 Å². The summed E-state index contributed by atoms with van der Waals surface area (Å²) in [7, 11) is 0. The van der Waals surface area contributed by atoms with Crippen LogP contribution in [0.2, 0.25) is 0 Å². The van der Waals surface area contributed by atoms with Crippen molar-refractivity contribution >= 4 is 17.6 Å². The molecule has 0 saturated carbocycles. The van der Waals surface area contributed by atoms with E-state index in [1.807, 2.05) is 65.4 Å². The van der Waals surface area contributed by atoms with Crippen molar-refractivity contribution in [2.75, 3.05) is 0 Å². The first-order valence-electron chi connectivity index (χ1n) is 6.66. The number of hydrogen-bond donors (Lipinski definition) is 0. The van der Waals surface area contributed by atoms with Crippen LogP contribution < -0.4 is 4.74 Å². The summed E-state index contributed by atoms with van der Waals surface area (Å²) in [6.07, 6.45) is 0.877. The molecule has 21 heavy (non-hydrogen) atoms. The average molecular weight is 294 g/mol. The third-order valence-electron chi connectivity index (χ3n) is 3.23. The average Bonchev–Trinajstić information content (AvgIpc) is 3.07. The van der Waals surface area contributed by atoms with Gasteiger partial charge in [0.05, 0.1) is 0 Å². The molecule has 0 aliphatic heterocycles. The van der Waals surface area contributed by atoms with Crippen molar-refractivity contribution in [1.82, 2.24) is 0 Å². The molecule has 0 saturated heterocycles. The number of hydrogen-bond acceptors (Lipinski definition) is 3. The van der Waals surface area contributed by atoms with Gasteiger partial charge in [0.2, 0.25) is 0 Å². The van der Waals surface area contributed by atoms with E-state index in [0.717, 1.165) is 28.7 Å². The Morgan fingerprint density at radius 2 is 1.86 bits per heavy atom. The predicted molar refractivity (Wildman–Crippen MR) is 85.9 cm³/mol. The maximum Gasteiger partial charge on any atom is 0.150 e. The fourth-order valence-corrected chi connectivity index (χ4v) is 2.86. The molecule has 3 aromatic rings. The molecule has 3 rings (SSSR count). The first-order chi connectivity index (χ1) is 10.4. The van der Waals surface area contributed by atoms with Crippen LogP contribution in [0.25, 0.3) is 11.1 Å². The number of ether oxygens (including phenoxy) is 1. The van der Waals surface area contributed by atoms with Gasteiger partial charge in [0.25, 0.3) is 0 Å². The van der Waals surface area contributed by atoms with Crippen LogP contribution in [-0.2, 0) is 6.61 Å². The second-order valence-electron chi connectivity index (χ2n) is 4.62. The Morgan fingerprint density at radius 1 is 1.00 bits per heavy atom. The van der Waals surface area contributed by atoms with Gasteiger partial charge in [-0.2, -0.15) is 11.3 Å². The molecule has 0 bridgehead atoms. The molecule has 0 radical (unpaired) electrons. The SMILES string of the molecule is O=Cc1cccc(OCc2ccccc2)c1-c1ccsc1. The van der Waals surface area contributed by atoms with E-state index in [1.165, 1.54) is 0 Å². The summed E-state index contributed by atoms with van der Waals surface area (Å²) >= 11 is 1.61. The largest absolute Gasteiger partial charge is 0.488 e. The normalized spacial score (nSPS) is 10.3. The van der Waals surface area contributed by atoms with E-state index < -0.39 is 0 Å². The third-order valence-corrected chi connectivity index (χ3v) is 3.92. The fraction of sp³-hybridized carbons (Fsp3) is 0.0556. The standard InChI is InChI=1S/C18H14O2S/c19-11-15-7-4-8-17(18(15)16-9-10-21-13-16)20-12-14-5-2-1-3-6-14/h1-11,13H,12H2. The zero-order valence-electron chi connectivity index (χ0n) is 11.4. The van der Waals surface area contributed by atoms with Crippen LogP contribution in [0.15, 0.2) is 65.4 Å². The third kappa shape index (κ3) is 3.03. The van der Waals surface area contributed by atoms with Gasteiger partial charge >= 0.3 is 0 Å². The van der Waals surface area contributed by atoms with Crippen molar-refractivity contribution in [2.45, 2.75) is 6.61 Å². The van der Waals surface area contributed by atoms with E-state index in [0.29, 0.717) is 12.2 Å². The molecule has 0 N–H and O–H groups in total. The number of benzene rings is 2. The summed E-state index contributed by atoms with van der Waals surface area (Å²) < 4.78 is 5.94. The maximum absolute atomic E-state index is 11.3. The van der Waals surface area contributed by atoms with Crippen molar-refractivity contribution < 1.29 is 9.53 Å². The van der Waals surface area contributed by atoms with Gasteiger partial charge in [-0.05, 0) is 34.0 Å². The maximum atomic E-state index is 11.3. The lowest BCUT2D eigenvalue weighted by Gasteiger charge is -2.12. The summed E-state index contributed by atoms with van der Waals surface area (Å²) in [5, 5.41) is 4.02. The first-order valence-corrected chi connectivity index (χ1v) is 7.60. The first kappa shape index (κ1) is 13.6. The molecule has 2 aromatic carbocycles. The van der Waals surface area contributed by atoms with Crippen LogP contribution in [0, 0.1) is 0 Å². The molecule has 0 atom stereocenters. The molecule has 2 nitrogen and oxygen atoms in total. The Hall–Kier alpha value is -2.39. The number of aldehydes is 1. The molecular weight excluding hydrogens is 280 g/mol. The van der Waals surface area contributed by atoms with Crippen molar-refractivity contribution in [3.8, 4) is 16.9 Å². The molecule has 0 aliphatic carbocycles. The predicted octanol–water partition coefficient (Wildman–Crippen LogP) is 4.81. The highest BCUT2D eigenvalue weighted by Gasteiger charge is 2.12. The lowest BCUT2D eigenvalue weighted by Crippen LogP contribution is -1.98. The summed E-state index contributed by atoms with van der Waals surface area (Å²) in [5.74, 6) is 0.738. The highest BCUT2D eigenvalue weighted by atomic mass is 32.1. The summed E-state index contributed by atoms with van der Waals surface area (Å²) in [6, 6.07) is 17.6. The van der Waals surface area contributed by atoms with E-state index in [1.54, 1.807) is 11.3 Å². The molecule has 1 heterocycles. The smallest absolute Gasteiger partial charge is 0.150 e. The Balaban J connectivity index is 1.93. The van der Waals surface area contributed by atoms with Crippen LogP contribution in [0.3, 0.4) is 0 Å². The van der Waals surface area contributed by atoms with Crippen molar-refractivity contribution in [1.29, 1.82) is 0 Å². The Labute approximate surface area is 127 Å². The zero-order valence-corrected chi connectivity index (χ0v) is 12.2. The minimum atomic E-state index is 0.486. The second-order valence-corrected chi connectivity index (χ2v) is 5.40. The number of carbonyl (C=O) groups excluding carboxylic acids is 1. The van der Waals surface area contributed by atoms with Crippen LogP contribution in [0.1, 0.15) is 15.9 Å². The van der Waals surface area contributed by atoms with Gasteiger partial charge < -0.3 is 4.74 Å². The Bertz CT molecular complexity index is 718. The number of thiophene rings is 1. The highest BCUT2D eigenvalue weighted by Crippen LogP contribution is 2.34.